The van der Waals surface area contributed by atoms with E-state index >= 15 is 0 Å². The molecule has 0 radical (unpaired) electrons. The van der Waals surface area contributed by atoms with Gasteiger partial charge in [-0.25, -0.2) is 8.42 Å². The zero-order valence-corrected chi connectivity index (χ0v) is 11.4. The lowest BCUT2D eigenvalue weighted by Crippen LogP contribution is -2.32. The number of halogens is 3. The van der Waals surface area contributed by atoms with Crippen molar-refractivity contribution < 1.29 is 26.3 Å². The third-order valence-corrected chi connectivity index (χ3v) is 4.23. The molecule has 8 heteroatoms. The fourth-order valence-electron chi connectivity index (χ4n) is 1.32. The van der Waals surface area contributed by atoms with E-state index in [0.717, 1.165) is 0 Å². The Bertz CT molecular complexity index is 317. The molecule has 0 aromatic carbocycles. The SMILES string of the molecule is CCS(=O)(=O)CCCC(COCC(F)(F)F)NC. The van der Waals surface area contributed by atoms with Gasteiger partial charge in [-0.3, -0.25) is 0 Å². The third-order valence-electron chi connectivity index (χ3n) is 2.44. The molecule has 0 amide bonds. The lowest BCUT2D eigenvalue weighted by Gasteiger charge is -2.16. The Labute approximate surface area is 106 Å². The Balaban J connectivity index is 3.85. The topological polar surface area (TPSA) is 55.4 Å². The summed E-state index contributed by atoms with van der Waals surface area (Å²) in [5.41, 5.74) is 0. The quantitative estimate of drug-likeness (QED) is 0.697. The molecule has 1 N–H and O–H groups in total. The fraction of sp³-hybridized carbons (Fsp3) is 1.00. The van der Waals surface area contributed by atoms with E-state index in [1.807, 2.05) is 0 Å². The van der Waals surface area contributed by atoms with Crippen molar-refractivity contribution in [3.8, 4) is 0 Å². The molecule has 4 nitrogen and oxygen atoms in total. The first-order valence-corrected chi connectivity index (χ1v) is 7.54. The maximum atomic E-state index is 11.8. The van der Waals surface area contributed by atoms with Crippen molar-refractivity contribution in [2.75, 3.05) is 31.8 Å². The summed E-state index contributed by atoms with van der Waals surface area (Å²) >= 11 is 0. The fourth-order valence-corrected chi connectivity index (χ4v) is 2.22. The van der Waals surface area contributed by atoms with E-state index < -0.39 is 22.6 Å². The number of rotatable bonds is 9. The van der Waals surface area contributed by atoms with Gasteiger partial charge in [0.1, 0.15) is 16.4 Å². The van der Waals surface area contributed by atoms with Gasteiger partial charge in [0, 0.05) is 11.8 Å². The molecule has 0 rings (SSSR count). The molecule has 0 heterocycles. The predicted octanol–water partition coefficient (Wildman–Crippen LogP) is 1.37. The van der Waals surface area contributed by atoms with Crippen molar-refractivity contribution in [3.05, 3.63) is 0 Å². The molecule has 0 aliphatic carbocycles. The Hall–Kier alpha value is -0.340. The maximum Gasteiger partial charge on any atom is 0.411 e. The van der Waals surface area contributed by atoms with Crippen LogP contribution in [-0.4, -0.2) is 52.4 Å². The first-order valence-electron chi connectivity index (χ1n) is 5.72. The van der Waals surface area contributed by atoms with Crippen molar-refractivity contribution in [3.63, 3.8) is 0 Å². The minimum absolute atomic E-state index is 0.0565. The Morgan fingerprint density at radius 2 is 1.94 bits per heavy atom. The summed E-state index contributed by atoms with van der Waals surface area (Å²) in [6.45, 7) is 0.206. The molecule has 0 aliphatic heterocycles. The van der Waals surface area contributed by atoms with Gasteiger partial charge in [-0.15, -0.1) is 0 Å². The molecule has 1 atom stereocenters. The summed E-state index contributed by atoms with van der Waals surface area (Å²) in [5.74, 6) is 0.142. The second kappa shape index (κ2) is 7.96. The first-order chi connectivity index (χ1) is 8.20. The predicted molar refractivity (Wildman–Crippen MR) is 63.3 cm³/mol. The second-order valence-electron chi connectivity index (χ2n) is 3.99. The first kappa shape index (κ1) is 17.7. The van der Waals surface area contributed by atoms with Crippen molar-refractivity contribution in [1.82, 2.24) is 5.32 Å². The number of alkyl halides is 3. The average Bonchev–Trinajstić information content (AvgIpc) is 2.25. The van der Waals surface area contributed by atoms with E-state index in [0.29, 0.717) is 12.8 Å². The van der Waals surface area contributed by atoms with Crippen LogP contribution >= 0.6 is 0 Å². The van der Waals surface area contributed by atoms with Crippen LogP contribution in [0.2, 0.25) is 0 Å². The summed E-state index contributed by atoms with van der Waals surface area (Å²) in [6, 6.07) is -0.264. The monoisotopic (exact) mass is 291 g/mol. The summed E-state index contributed by atoms with van der Waals surface area (Å²) in [7, 11) is -1.41. The highest BCUT2D eigenvalue weighted by atomic mass is 32.2. The van der Waals surface area contributed by atoms with Crippen molar-refractivity contribution >= 4 is 9.84 Å². The van der Waals surface area contributed by atoms with Crippen LogP contribution in [0.3, 0.4) is 0 Å². The van der Waals surface area contributed by atoms with Crippen molar-refractivity contribution in [1.29, 1.82) is 0 Å². The van der Waals surface area contributed by atoms with Gasteiger partial charge in [-0.1, -0.05) is 6.92 Å². The molecule has 110 valence electrons. The van der Waals surface area contributed by atoms with Gasteiger partial charge in [0.05, 0.1) is 12.4 Å². The third kappa shape index (κ3) is 9.67. The number of likely N-dealkylation sites (N-methyl/N-ethyl adjacent to an activating group) is 1. The number of hydrogen-bond acceptors (Lipinski definition) is 4. The van der Waals surface area contributed by atoms with Crippen LogP contribution < -0.4 is 5.32 Å². The summed E-state index contributed by atoms with van der Waals surface area (Å²) in [5, 5.41) is 2.81. The van der Waals surface area contributed by atoms with E-state index in [1.165, 1.54) is 0 Å². The Kier molecular flexibility index (Phi) is 7.81. The molecule has 18 heavy (non-hydrogen) atoms. The van der Waals surface area contributed by atoms with Crippen LogP contribution in [0.1, 0.15) is 19.8 Å². The van der Waals surface area contributed by atoms with Gasteiger partial charge in [0.15, 0.2) is 0 Å². The molecule has 0 aromatic rings. The van der Waals surface area contributed by atoms with Crippen LogP contribution in [0.25, 0.3) is 0 Å². The van der Waals surface area contributed by atoms with Crippen molar-refractivity contribution in [2.24, 2.45) is 0 Å². The zero-order valence-electron chi connectivity index (χ0n) is 10.6. The molecular weight excluding hydrogens is 271 g/mol. The van der Waals surface area contributed by atoms with Crippen LogP contribution in [-0.2, 0) is 14.6 Å². The lowest BCUT2D eigenvalue weighted by atomic mass is 10.2. The van der Waals surface area contributed by atoms with Crippen LogP contribution in [0.5, 0.6) is 0 Å². The number of hydrogen-bond donors (Lipinski definition) is 1. The normalized spacial score (nSPS) is 14.7. The molecule has 0 aromatic heterocycles. The largest absolute Gasteiger partial charge is 0.411 e. The minimum atomic E-state index is -4.33. The van der Waals surface area contributed by atoms with Gasteiger partial charge in [0.2, 0.25) is 0 Å². The average molecular weight is 291 g/mol. The Morgan fingerprint density at radius 1 is 1.33 bits per heavy atom. The minimum Gasteiger partial charge on any atom is -0.370 e. The standard InChI is InChI=1S/C10H20F3NO3S/c1-3-18(15,16)6-4-5-9(14-2)7-17-8-10(11,12)13/h9,14H,3-8H2,1-2H3. The second-order valence-corrected chi connectivity index (χ2v) is 6.47. The highest BCUT2D eigenvalue weighted by molar-refractivity contribution is 7.91. The molecule has 0 fully saturated rings. The molecular formula is C10H20F3NO3S. The molecule has 0 saturated carbocycles. The van der Waals surface area contributed by atoms with E-state index in [4.69, 9.17) is 0 Å². The van der Waals surface area contributed by atoms with Gasteiger partial charge in [0.25, 0.3) is 0 Å². The summed E-state index contributed by atoms with van der Waals surface area (Å²) in [4.78, 5) is 0. The van der Waals surface area contributed by atoms with E-state index in [1.54, 1.807) is 14.0 Å². The molecule has 0 bridgehead atoms. The smallest absolute Gasteiger partial charge is 0.370 e. The molecule has 0 spiro atoms. The van der Waals surface area contributed by atoms with Gasteiger partial charge in [-0.05, 0) is 19.9 Å². The summed E-state index contributed by atoms with van der Waals surface area (Å²) < 4.78 is 62.5. The van der Waals surface area contributed by atoms with E-state index in [-0.39, 0.29) is 24.2 Å². The number of ether oxygens (including phenoxy) is 1. The maximum absolute atomic E-state index is 11.8. The molecule has 0 saturated heterocycles. The zero-order chi connectivity index (χ0) is 14.2. The van der Waals surface area contributed by atoms with E-state index in [9.17, 15) is 21.6 Å². The number of sulfone groups is 1. The summed E-state index contributed by atoms with van der Waals surface area (Å²) in [6.07, 6.45) is -3.45. The van der Waals surface area contributed by atoms with Gasteiger partial charge in [-0.2, -0.15) is 13.2 Å². The molecule has 1 unspecified atom stereocenters. The van der Waals surface area contributed by atoms with Crippen LogP contribution in [0.15, 0.2) is 0 Å². The highest BCUT2D eigenvalue weighted by Crippen LogP contribution is 2.14. The van der Waals surface area contributed by atoms with Crippen LogP contribution in [0, 0.1) is 0 Å². The lowest BCUT2D eigenvalue weighted by molar-refractivity contribution is -0.175. The number of nitrogens with one attached hydrogen (secondary N) is 1. The highest BCUT2D eigenvalue weighted by Gasteiger charge is 2.27. The van der Waals surface area contributed by atoms with Crippen molar-refractivity contribution in [2.45, 2.75) is 32.0 Å². The van der Waals surface area contributed by atoms with E-state index in [2.05, 4.69) is 10.1 Å². The van der Waals surface area contributed by atoms with Gasteiger partial charge < -0.3 is 10.1 Å². The molecule has 0 aliphatic rings. The van der Waals surface area contributed by atoms with Crippen LogP contribution in [0.4, 0.5) is 13.2 Å². The Morgan fingerprint density at radius 3 is 2.39 bits per heavy atom. The van der Waals surface area contributed by atoms with Gasteiger partial charge >= 0.3 is 6.18 Å².